The number of nitro groups is 1. The number of hydrogen-bond acceptors (Lipinski definition) is 6. The molecule has 0 aromatic heterocycles. The van der Waals surface area contributed by atoms with Gasteiger partial charge in [0.2, 0.25) is 0 Å². The summed E-state index contributed by atoms with van der Waals surface area (Å²) in [6.45, 7) is 6.63. The van der Waals surface area contributed by atoms with E-state index < -0.39 is 43.5 Å². The molecule has 1 rings (SSSR count). The van der Waals surface area contributed by atoms with Crippen LogP contribution in [0.15, 0.2) is 41.8 Å². The summed E-state index contributed by atoms with van der Waals surface area (Å²) in [5.74, 6) is -1.15. The molecule has 0 radical (unpaired) electrons. The molecule has 0 N–H and O–H groups in total. The van der Waals surface area contributed by atoms with Gasteiger partial charge in [0.25, 0.3) is 15.7 Å². The maximum absolute atomic E-state index is 13.0. The summed E-state index contributed by atoms with van der Waals surface area (Å²) < 4.78 is 31.5. The van der Waals surface area contributed by atoms with Gasteiger partial charge in [0, 0.05) is 12.6 Å². The molecule has 0 fully saturated rings. The second-order valence-corrected chi connectivity index (χ2v) is 7.16. The van der Waals surface area contributed by atoms with Crippen LogP contribution in [0.25, 0.3) is 0 Å². The fraction of sp³-hybridized carbons (Fsp3) is 0.400. The van der Waals surface area contributed by atoms with E-state index in [9.17, 15) is 23.3 Å². The standard InChI is InChI=1S/C15H20N2O6S/c1-5-10-16(14(11(2)3)15(18)23-4)24(21,22)13-9-7-6-8-12(13)17(19)20/h5-9,11,14H,1,10H2,2-4H3/t14-/m0/s1. The highest BCUT2D eigenvalue weighted by Crippen LogP contribution is 2.29. The first-order valence-electron chi connectivity index (χ1n) is 7.12. The van der Waals surface area contributed by atoms with Crippen molar-refractivity contribution in [3.63, 3.8) is 0 Å². The Balaban J connectivity index is 3.56. The van der Waals surface area contributed by atoms with Crippen molar-refractivity contribution in [3.8, 4) is 0 Å². The number of nitrogens with zero attached hydrogens (tertiary/aromatic N) is 2. The second-order valence-electron chi connectivity index (χ2n) is 5.30. The fourth-order valence-electron chi connectivity index (χ4n) is 2.28. The Morgan fingerprint density at radius 3 is 2.46 bits per heavy atom. The molecule has 0 aliphatic rings. The van der Waals surface area contributed by atoms with Crippen molar-refractivity contribution in [2.24, 2.45) is 5.92 Å². The molecule has 1 aromatic carbocycles. The summed E-state index contributed by atoms with van der Waals surface area (Å²) in [6, 6.07) is 3.86. The fourth-order valence-corrected chi connectivity index (χ4v) is 4.12. The van der Waals surface area contributed by atoms with Crippen molar-refractivity contribution < 1.29 is 22.9 Å². The number of rotatable bonds is 8. The smallest absolute Gasteiger partial charge is 0.324 e. The van der Waals surface area contributed by atoms with Crippen LogP contribution in [-0.2, 0) is 19.6 Å². The predicted octanol–water partition coefficient (Wildman–Crippen LogP) is 1.97. The Hall–Kier alpha value is -2.26. The number of sulfonamides is 1. The summed E-state index contributed by atoms with van der Waals surface area (Å²) in [5, 5.41) is 11.2. The number of carbonyl (C=O) groups excluding carboxylic acids is 1. The van der Waals surface area contributed by atoms with Crippen LogP contribution >= 0.6 is 0 Å². The SMILES string of the molecule is C=CCN([C@H](C(=O)OC)C(C)C)S(=O)(=O)c1ccccc1[N+](=O)[O-]. The number of methoxy groups -OCH3 is 1. The molecule has 0 bridgehead atoms. The third kappa shape index (κ3) is 3.98. The summed E-state index contributed by atoms with van der Waals surface area (Å²) in [7, 11) is -3.16. The van der Waals surface area contributed by atoms with Gasteiger partial charge in [-0.05, 0) is 12.0 Å². The number of hydrogen-bond donors (Lipinski definition) is 0. The Kier molecular flexibility index (Phi) is 6.61. The minimum atomic E-state index is -4.32. The normalized spacial score (nSPS) is 12.9. The molecule has 0 unspecified atom stereocenters. The van der Waals surface area contributed by atoms with Crippen molar-refractivity contribution in [2.75, 3.05) is 13.7 Å². The van der Waals surface area contributed by atoms with Crippen LogP contribution in [0.1, 0.15) is 13.8 Å². The number of nitro benzene ring substituents is 1. The molecule has 0 aliphatic heterocycles. The monoisotopic (exact) mass is 356 g/mol. The second kappa shape index (κ2) is 8.02. The molecule has 9 heteroatoms. The van der Waals surface area contributed by atoms with E-state index >= 15 is 0 Å². The van der Waals surface area contributed by atoms with Crippen molar-refractivity contribution in [1.29, 1.82) is 0 Å². The highest BCUT2D eigenvalue weighted by molar-refractivity contribution is 7.89. The minimum absolute atomic E-state index is 0.188. The molecule has 0 heterocycles. The number of esters is 1. The van der Waals surface area contributed by atoms with E-state index in [0.29, 0.717) is 0 Å². The quantitative estimate of drug-likeness (QED) is 0.305. The van der Waals surface area contributed by atoms with Gasteiger partial charge >= 0.3 is 5.97 Å². The zero-order valence-electron chi connectivity index (χ0n) is 13.7. The van der Waals surface area contributed by atoms with E-state index in [1.54, 1.807) is 13.8 Å². The lowest BCUT2D eigenvalue weighted by atomic mass is 10.0. The van der Waals surface area contributed by atoms with Gasteiger partial charge in [-0.15, -0.1) is 6.58 Å². The van der Waals surface area contributed by atoms with Crippen molar-refractivity contribution >= 4 is 21.7 Å². The van der Waals surface area contributed by atoms with Gasteiger partial charge in [-0.3, -0.25) is 14.9 Å². The zero-order valence-corrected chi connectivity index (χ0v) is 14.5. The van der Waals surface area contributed by atoms with E-state index in [4.69, 9.17) is 4.74 Å². The largest absolute Gasteiger partial charge is 0.468 e. The van der Waals surface area contributed by atoms with E-state index in [1.807, 2.05) is 0 Å². The summed E-state index contributed by atoms with van der Waals surface area (Å²) in [5.41, 5.74) is -0.557. The Bertz CT molecular complexity index is 729. The third-order valence-corrected chi connectivity index (χ3v) is 5.24. The summed E-state index contributed by atoms with van der Waals surface area (Å²) in [6.07, 6.45) is 1.31. The van der Waals surface area contributed by atoms with Gasteiger partial charge in [0.1, 0.15) is 6.04 Å². The lowest BCUT2D eigenvalue weighted by Gasteiger charge is -2.30. The van der Waals surface area contributed by atoms with Crippen LogP contribution in [-0.4, -0.2) is 43.3 Å². The third-order valence-electron chi connectivity index (χ3n) is 3.34. The van der Waals surface area contributed by atoms with E-state index in [-0.39, 0.29) is 6.54 Å². The Morgan fingerprint density at radius 2 is 2.00 bits per heavy atom. The topological polar surface area (TPSA) is 107 Å². The molecule has 1 aromatic rings. The van der Waals surface area contributed by atoms with Gasteiger partial charge in [0.05, 0.1) is 12.0 Å². The number of benzene rings is 1. The van der Waals surface area contributed by atoms with Crippen molar-refractivity contribution in [3.05, 3.63) is 47.0 Å². The molecule has 24 heavy (non-hydrogen) atoms. The van der Waals surface area contributed by atoms with Gasteiger partial charge in [-0.1, -0.05) is 32.1 Å². The number of carbonyl (C=O) groups is 1. The van der Waals surface area contributed by atoms with Crippen LogP contribution < -0.4 is 0 Å². The van der Waals surface area contributed by atoms with Crippen LogP contribution in [0.5, 0.6) is 0 Å². The average molecular weight is 356 g/mol. The highest BCUT2D eigenvalue weighted by Gasteiger charge is 2.40. The van der Waals surface area contributed by atoms with Crippen LogP contribution in [0.3, 0.4) is 0 Å². The molecule has 1 atom stereocenters. The van der Waals surface area contributed by atoms with Crippen molar-refractivity contribution in [1.82, 2.24) is 4.31 Å². The predicted molar refractivity (Wildman–Crippen MR) is 87.8 cm³/mol. The molecule has 0 spiro atoms. The summed E-state index contributed by atoms with van der Waals surface area (Å²) in [4.78, 5) is 22.0. The lowest BCUT2D eigenvalue weighted by molar-refractivity contribution is -0.387. The van der Waals surface area contributed by atoms with Gasteiger partial charge in [-0.25, -0.2) is 8.42 Å². The molecule has 0 aliphatic carbocycles. The average Bonchev–Trinajstić information content (AvgIpc) is 2.53. The van der Waals surface area contributed by atoms with Crippen LogP contribution in [0, 0.1) is 16.0 Å². The van der Waals surface area contributed by atoms with Gasteiger partial charge in [0.15, 0.2) is 4.90 Å². The molecule has 8 nitrogen and oxygen atoms in total. The molecule has 0 amide bonds. The molecular formula is C15H20N2O6S. The van der Waals surface area contributed by atoms with Crippen LogP contribution in [0.4, 0.5) is 5.69 Å². The van der Waals surface area contributed by atoms with Crippen molar-refractivity contribution in [2.45, 2.75) is 24.8 Å². The number of para-hydroxylation sites is 1. The van der Waals surface area contributed by atoms with E-state index in [0.717, 1.165) is 23.5 Å². The zero-order chi connectivity index (χ0) is 18.5. The van der Waals surface area contributed by atoms with Crippen LogP contribution in [0.2, 0.25) is 0 Å². The maximum Gasteiger partial charge on any atom is 0.324 e. The van der Waals surface area contributed by atoms with E-state index in [1.165, 1.54) is 18.2 Å². The molecule has 132 valence electrons. The highest BCUT2D eigenvalue weighted by atomic mass is 32.2. The molecular weight excluding hydrogens is 336 g/mol. The van der Waals surface area contributed by atoms with Gasteiger partial charge < -0.3 is 4.74 Å². The number of ether oxygens (including phenoxy) is 1. The first kappa shape index (κ1) is 19.8. The summed E-state index contributed by atoms with van der Waals surface area (Å²) >= 11 is 0. The molecule has 0 saturated carbocycles. The minimum Gasteiger partial charge on any atom is -0.468 e. The first-order chi connectivity index (χ1) is 11.2. The molecule has 0 saturated heterocycles. The maximum atomic E-state index is 13.0. The Morgan fingerprint density at radius 1 is 1.42 bits per heavy atom. The Labute approximate surface area is 140 Å². The van der Waals surface area contributed by atoms with E-state index in [2.05, 4.69) is 6.58 Å². The lowest BCUT2D eigenvalue weighted by Crippen LogP contribution is -2.48. The van der Waals surface area contributed by atoms with Gasteiger partial charge in [-0.2, -0.15) is 4.31 Å². The first-order valence-corrected chi connectivity index (χ1v) is 8.56.